The molecule has 0 spiro atoms. The molecule has 1 fully saturated rings. The van der Waals surface area contributed by atoms with Crippen LogP contribution in [0.4, 0.5) is 11.4 Å². The number of rotatable bonds is 4. The van der Waals surface area contributed by atoms with Crippen LogP contribution in [0.15, 0.2) is 46.9 Å². The largest absolute Gasteiger partial charge is 0.495 e. The van der Waals surface area contributed by atoms with Gasteiger partial charge in [-0.3, -0.25) is 4.79 Å². The van der Waals surface area contributed by atoms with Gasteiger partial charge in [-0.2, -0.15) is 0 Å². The van der Waals surface area contributed by atoms with Gasteiger partial charge < -0.3 is 19.7 Å². The molecule has 0 unspecified atom stereocenters. The lowest BCUT2D eigenvalue weighted by Crippen LogP contribution is -2.36. The maximum absolute atomic E-state index is 12.5. The van der Waals surface area contributed by atoms with E-state index in [1.54, 1.807) is 19.2 Å². The molecule has 1 aliphatic rings. The molecule has 6 heteroatoms. The van der Waals surface area contributed by atoms with Crippen LogP contribution < -0.4 is 15.0 Å². The Morgan fingerprint density at radius 3 is 2.54 bits per heavy atom. The predicted octanol–water partition coefficient (Wildman–Crippen LogP) is 3.55. The van der Waals surface area contributed by atoms with Crippen LogP contribution in [0.25, 0.3) is 0 Å². The summed E-state index contributed by atoms with van der Waals surface area (Å²) in [5.74, 6) is 0.470. The summed E-state index contributed by atoms with van der Waals surface area (Å²) >= 11 is 3.37. The monoisotopic (exact) mass is 390 g/mol. The highest BCUT2D eigenvalue weighted by Gasteiger charge is 2.15. The first kappa shape index (κ1) is 16.8. The molecule has 1 aliphatic heterocycles. The van der Waals surface area contributed by atoms with Crippen molar-refractivity contribution in [2.24, 2.45) is 0 Å². The third-order valence-electron chi connectivity index (χ3n) is 3.91. The zero-order valence-corrected chi connectivity index (χ0v) is 15.0. The fourth-order valence-corrected chi connectivity index (χ4v) is 2.87. The average Bonchev–Trinajstić information content (AvgIpc) is 2.63. The van der Waals surface area contributed by atoms with Crippen LogP contribution in [0.2, 0.25) is 0 Å². The van der Waals surface area contributed by atoms with Gasteiger partial charge in [0.2, 0.25) is 0 Å². The van der Waals surface area contributed by atoms with Crippen molar-refractivity contribution >= 4 is 33.2 Å². The molecule has 5 nitrogen and oxygen atoms in total. The minimum absolute atomic E-state index is 0.167. The van der Waals surface area contributed by atoms with Crippen LogP contribution in [0.1, 0.15) is 10.4 Å². The molecule has 1 heterocycles. The molecule has 1 saturated heterocycles. The third-order valence-corrected chi connectivity index (χ3v) is 4.44. The second-order valence-corrected chi connectivity index (χ2v) is 6.36. The number of carbonyl (C=O) groups excluding carboxylic acids is 1. The van der Waals surface area contributed by atoms with Crippen molar-refractivity contribution in [3.8, 4) is 5.75 Å². The zero-order chi connectivity index (χ0) is 16.9. The fourth-order valence-electron chi connectivity index (χ4n) is 2.61. The maximum atomic E-state index is 12.5. The molecule has 1 amide bonds. The van der Waals surface area contributed by atoms with E-state index in [0.29, 0.717) is 30.2 Å². The number of nitrogens with one attached hydrogen (secondary N) is 1. The first-order chi connectivity index (χ1) is 11.7. The number of amides is 1. The van der Waals surface area contributed by atoms with Gasteiger partial charge in [-0.25, -0.2) is 0 Å². The predicted molar refractivity (Wildman–Crippen MR) is 98.1 cm³/mol. The number of carbonyl (C=O) groups is 1. The highest BCUT2D eigenvalue weighted by Crippen LogP contribution is 2.30. The Bertz CT molecular complexity index is 713. The summed E-state index contributed by atoms with van der Waals surface area (Å²) in [6, 6.07) is 13.1. The lowest BCUT2D eigenvalue weighted by Gasteiger charge is -2.29. The van der Waals surface area contributed by atoms with Crippen molar-refractivity contribution in [1.82, 2.24) is 0 Å². The van der Waals surface area contributed by atoms with Gasteiger partial charge >= 0.3 is 0 Å². The van der Waals surface area contributed by atoms with E-state index in [1.807, 2.05) is 30.3 Å². The number of halogens is 1. The number of anilines is 2. The van der Waals surface area contributed by atoms with Crippen molar-refractivity contribution in [2.45, 2.75) is 0 Å². The van der Waals surface area contributed by atoms with E-state index in [-0.39, 0.29) is 5.91 Å². The summed E-state index contributed by atoms with van der Waals surface area (Å²) < 4.78 is 11.7. The average molecular weight is 391 g/mol. The minimum Gasteiger partial charge on any atom is -0.495 e. The highest BCUT2D eigenvalue weighted by atomic mass is 79.9. The molecule has 24 heavy (non-hydrogen) atoms. The standard InChI is InChI=1S/C18H19BrN2O3/c1-23-17-7-6-15(21-8-10-24-11-9-21)12-16(17)20-18(22)13-2-4-14(19)5-3-13/h2-7,12H,8-11H2,1H3,(H,20,22). The summed E-state index contributed by atoms with van der Waals surface area (Å²) in [7, 11) is 1.60. The van der Waals surface area contributed by atoms with Gasteiger partial charge in [0.05, 0.1) is 26.0 Å². The molecule has 2 aromatic carbocycles. The summed E-state index contributed by atoms with van der Waals surface area (Å²) in [6.07, 6.45) is 0. The lowest BCUT2D eigenvalue weighted by atomic mass is 10.2. The summed E-state index contributed by atoms with van der Waals surface area (Å²) in [5.41, 5.74) is 2.30. The number of hydrogen-bond acceptors (Lipinski definition) is 4. The van der Waals surface area contributed by atoms with Gasteiger partial charge in [-0.05, 0) is 42.5 Å². The molecule has 0 bridgehead atoms. The summed E-state index contributed by atoms with van der Waals surface area (Å²) in [6.45, 7) is 3.11. The van der Waals surface area contributed by atoms with Crippen LogP contribution in [0.5, 0.6) is 5.75 Å². The lowest BCUT2D eigenvalue weighted by molar-refractivity contribution is 0.102. The Labute approximate surface area is 149 Å². The number of hydrogen-bond donors (Lipinski definition) is 1. The summed E-state index contributed by atoms with van der Waals surface area (Å²) in [4.78, 5) is 14.7. The molecule has 2 aromatic rings. The van der Waals surface area contributed by atoms with E-state index in [4.69, 9.17) is 9.47 Å². The Hall–Kier alpha value is -2.05. The van der Waals surface area contributed by atoms with Crippen LogP contribution in [-0.2, 0) is 4.74 Å². The number of ether oxygens (including phenoxy) is 2. The van der Waals surface area contributed by atoms with Crippen LogP contribution in [-0.4, -0.2) is 39.3 Å². The van der Waals surface area contributed by atoms with Gasteiger partial charge in [-0.1, -0.05) is 15.9 Å². The first-order valence-corrected chi connectivity index (χ1v) is 8.54. The SMILES string of the molecule is COc1ccc(N2CCOCC2)cc1NC(=O)c1ccc(Br)cc1. The van der Waals surface area contributed by atoms with Gasteiger partial charge in [0, 0.05) is 28.8 Å². The van der Waals surface area contributed by atoms with Gasteiger partial charge in [-0.15, -0.1) is 0 Å². The van der Waals surface area contributed by atoms with Crippen LogP contribution >= 0.6 is 15.9 Å². The smallest absolute Gasteiger partial charge is 0.255 e. The van der Waals surface area contributed by atoms with Gasteiger partial charge in [0.25, 0.3) is 5.91 Å². The Morgan fingerprint density at radius 2 is 1.88 bits per heavy atom. The van der Waals surface area contributed by atoms with Crippen LogP contribution in [0.3, 0.4) is 0 Å². The van der Waals surface area contributed by atoms with Gasteiger partial charge in [0.15, 0.2) is 0 Å². The minimum atomic E-state index is -0.167. The number of benzene rings is 2. The number of methoxy groups -OCH3 is 1. The molecule has 0 saturated carbocycles. The normalized spacial score (nSPS) is 14.3. The molecule has 3 rings (SSSR count). The molecule has 126 valence electrons. The van der Waals surface area contributed by atoms with Crippen molar-refractivity contribution < 1.29 is 14.3 Å². The molecule has 0 aliphatic carbocycles. The molecule has 0 atom stereocenters. The Kier molecular flexibility index (Phi) is 5.37. The second kappa shape index (κ2) is 7.68. The quantitative estimate of drug-likeness (QED) is 0.866. The third kappa shape index (κ3) is 3.88. The van der Waals surface area contributed by atoms with E-state index in [1.165, 1.54) is 0 Å². The summed E-state index contributed by atoms with van der Waals surface area (Å²) in [5, 5.41) is 2.94. The van der Waals surface area contributed by atoms with Crippen molar-refractivity contribution in [3.63, 3.8) is 0 Å². The molecule has 0 radical (unpaired) electrons. The van der Waals surface area contributed by atoms with Crippen molar-refractivity contribution in [3.05, 3.63) is 52.5 Å². The fraction of sp³-hybridized carbons (Fsp3) is 0.278. The van der Waals surface area contributed by atoms with Crippen LogP contribution in [0, 0.1) is 0 Å². The van der Waals surface area contributed by atoms with E-state index in [9.17, 15) is 4.79 Å². The maximum Gasteiger partial charge on any atom is 0.255 e. The van der Waals surface area contributed by atoms with Crippen molar-refractivity contribution in [2.75, 3.05) is 43.6 Å². The van der Waals surface area contributed by atoms with E-state index in [2.05, 4.69) is 26.1 Å². The second-order valence-electron chi connectivity index (χ2n) is 5.45. The molecule has 1 N–H and O–H groups in total. The Balaban J connectivity index is 1.82. The highest BCUT2D eigenvalue weighted by molar-refractivity contribution is 9.10. The number of morpholine rings is 1. The molecule has 0 aromatic heterocycles. The van der Waals surface area contributed by atoms with Crippen molar-refractivity contribution in [1.29, 1.82) is 0 Å². The zero-order valence-electron chi connectivity index (χ0n) is 13.4. The Morgan fingerprint density at radius 1 is 1.17 bits per heavy atom. The van der Waals surface area contributed by atoms with E-state index < -0.39 is 0 Å². The first-order valence-electron chi connectivity index (χ1n) is 7.75. The van der Waals surface area contributed by atoms with E-state index >= 15 is 0 Å². The molecular formula is C18H19BrN2O3. The topological polar surface area (TPSA) is 50.8 Å². The molecular weight excluding hydrogens is 372 g/mol. The number of nitrogens with zero attached hydrogens (tertiary/aromatic N) is 1. The van der Waals surface area contributed by atoms with E-state index in [0.717, 1.165) is 23.2 Å². The van der Waals surface area contributed by atoms with Gasteiger partial charge in [0.1, 0.15) is 5.75 Å².